The van der Waals surface area contributed by atoms with Gasteiger partial charge in [-0.15, -0.1) is 0 Å². The normalized spacial score (nSPS) is 10.9. The van der Waals surface area contributed by atoms with Crippen LogP contribution in [0.2, 0.25) is 0 Å². The third-order valence-electron chi connectivity index (χ3n) is 4.06. The minimum absolute atomic E-state index is 0.127. The Bertz CT molecular complexity index is 947. The quantitative estimate of drug-likeness (QED) is 0.498. The van der Waals surface area contributed by atoms with Gasteiger partial charge < -0.3 is 10.6 Å². The molecule has 2 aromatic heterocycles. The van der Waals surface area contributed by atoms with E-state index in [1.165, 1.54) is 6.33 Å². The third kappa shape index (κ3) is 5.01. The zero-order valence-electron chi connectivity index (χ0n) is 15.4. The highest BCUT2D eigenvalue weighted by atomic mass is 16.1. The lowest BCUT2D eigenvalue weighted by atomic mass is 10.1. The van der Waals surface area contributed by atoms with Gasteiger partial charge in [0.2, 0.25) is 5.91 Å². The largest absolute Gasteiger partial charge is 0.368 e. The van der Waals surface area contributed by atoms with Crippen LogP contribution in [0.25, 0.3) is 11.9 Å². The van der Waals surface area contributed by atoms with Crippen molar-refractivity contribution in [3.63, 3.8) is 0 Å². The molecule has 7 heteroatoms. The SMILES string of the molecule is Cc1ccccc1/C=C/C(=O)NCCNc1cc(-n2ccnc2C)ncn1. The van der Waals surface area contributed by atoms with Gasteiger partial charge in [-0.3, -0.25) is 9.36 Å². The van der Waals surface area contributed by atoms with Crippen LogP contribution in [-0.4, -0.2) is 38.5 Å². The Balaban J connectivity index is 1.47. The van der Waals surface area contributed by atoms with Gasteiger partial charge in [0.1, 0.15) is 23.8 Å². The Morgan fingerprint density at radius 3 is 2.78 bits per heavy atom. The predicted molar refractivity (Wildman–Crippen MR) is 106 cm³/mol. The van der Waals surface area contributed by atoms with Crippen molar-refractivity contribution in [2.45, 2.75) is 13.8 Å². The Morgan fingerprint density at radius 2 is 2.00 bits per heavy atom. The van der Waals surface area contributed by atoms with Crippen LogP contribution in [0.5, 0.6) is 0 Å². The van der Waals surface area contributed by atoms with Gasteiger partial charge in [-0.25, -0.2) is 15.0 Å². The number of hydrogen-bond donors (Lipinski definition) is 2. The van der Waals surface area contributed by atoms with E-state index in [-0.39, 0.29) is 5.91 Å². The number of aromatic nitrogens is 4. The summed E-state index contributed by atoms with van der Waals surface area (Å²) < 4.78 is 1.88. The van der Waals surface area contributed by atoms with Gasteiger partial charge in [0.05, 0.1) is 0 Å². The number of carbonyl (C=O) groups is 1. The van der Waals surface area contributed by atoms with Crippen molar-refractivity contribution in [1.82, 2.24) is 24.8 Å². The minimum atomic E-state index is -0.127. The molecule has 0 spiro atoms. The fraction of sp³-hybridized carbons (Fsp3) is 0.200. The van der Waals surface area contributed by atoms with Gasteiger partial charge >= 0.3 is 0 Å². The molecule has 3 aromatic rings. The molecule has 0 saturated carbocycles. The predicted octanol–water partition coefficient (Wildman–Crippen LogP) is 2.52. The molecule has 0 unspecified atom stereocenters. The highest BCUT2D eigenvalue weighted by Gasteiger charge is 2.04. The summed E-state index contributed by atoms with van der Waals surface area (Å²) in [6, 6.07) is 9.77. The first-order chi connectivity index (χ1) is 13.1. The average Bonchev–Trinajstić information content (AvgIpc) is 3.11. The van der Waals surface area contributed by atoms with Crippen molar-refractivity contribution in [3.05, 3.63) is 72.1 Å². The number of nitrogens with zero attached hydrogens (tertiary/aromatic N) is 4. The summed E-state index contributed by atoms with van der Waals surface area (Å²) in [6.07, 6.45) is 8.45. The first-order valence-electron chi connectivity index (χ1n) is 8.71. The zero-order chi connectivity index (χ0) is 19.1. The van der Waals surface area contributed by atoms with Crippen LogP contribution in [0.1, 0.15) is 17.0 Å². The van der Waals surface area contributed by atoms with E-state index in [2.05, 4.69) is 25.6 Å². The Morgan fingerprint density at radius 1 is 1.15 bits per heavy atom. The van der Waals surface area contributed by atoms with Crippen LogP contribution in [-0.2, 0) is 4.79 Å². The van der Waals surface area contributed by atoms with Gasteiger partial charge in [-0.1, -0.05) is 24.3 Å². The monoisotopic (exact) mass is 362 g/mol. The molecule has 2 N–H and O–H groups in total. The molecule has 0 atom stereocenters. The smallest absolute Gasteiger partial charge is 0.244 e. The molecule has 2 heterocycles. The lowest BCUT2D eigenvalue weighted by Gasteiger charge is -2.08. The molecule has 1 amide bonds. The van der Waals surface area contributed by atoms with Crippen molar-refractivity contribution in [2.24, 2.45) is 0 Å². The lowest BCUT2D eigenvalue weighted by molar-refractivity contribution is -0.116. The highest BCUT2D eigenvalue weighted by molar-refractivity contribution is 5.91. The topological polar surface area (TPSA) is 84.7 Å². The summed E-state index contributed by atoms with van der Waals surface area (Å²) >= 11 is 0. The van der Waals surface area contributed by atoms with E-state index in [9.17, 15) is 4.79 Å². The van der Waals surface area contributed by atoms with E-state index < -0.39 is 0 Å². The van der Waals surface area contributed by atoms with Crippen molar-refractivity contribution < 1.29 is 4.79 Å². The van der Waals surface area contributed by atoms with Crippen LogP contribution >= 0.6 is 0 Å². The van der Waals surface area contributed by atoms with Crippen molar-refractivity contribution >= 4 is 17.8 Å². The second-order valence-electron chi connectivity index (χ2n) is 6.01. The first-order valence-corrected chi connectivity index (χ1v) is 8.71. The molecule has 0 saturated heterocycles. The molecule has 0 fully saturated rings. The molecule has 3 rings (SSSR count). The number of aryl methyl sites for hydroxylation is 2. The Labute approximate surface area is 158 Å². The molecule has 0 radical (unpaired) electrons. The highest BCUT2D eigenvalue weighted by Crippen LogP contribution is 2.10. The van der Waals surface area contributed by atoms with Crippen LogP contribution in [0.3, 0.4) is 0 Å². The van der Waals surface area contributed by atoms with Crippen LogP contribution in [0.15, 0.2) is 55.1 Å². The number of imidazole rings is 1. The van der Waals surface area contributed by atoms with Crippen LogP contribution < -0.4 is 10.6 Å². The summed E-state index contributed by atoms with van der Waals surface area (Å²) in [5, 5.41) is 6.03. The summed E-state index contributed by atoms with van der Waals surface area (Å²) in [6.45, 7) is 4.97. The van der Waals surface area contributed by atoms with E-state index in [4.69, 9.17) is 0 Å². The number of anilines is 1. The second kappa shape index (κ2) is 8.75. The van der Waals surface area contributed by atoms with Gasteiger partial charge in [-0.05, 0) is 31.1 Å². The number of hydrogen-bond acceptors (Lipinski definition) is 5. The van der Waals surface area contributed by atoms with Crippen LogP contribution in [0.4, 0.5) is 5.82 Å². The average molecular weight is 362 g/mol. The number of benzene rings is 1. The molecule has 1 aromatic carbocycles. The van der Waals surface area contributed by atoms with Crippen molar-refractivity contribution in [3.8, 4) is 5.82 Å². The maximum atomic E-state index is 11.9. The van der Waals surface area contributed by atoms with Crippen molar-refractivity contribution in [1.29, 1.82) is 0 Å². The molecule has 0 aliphatic heterocycles. The van der Waals surface area contributed by atoms with Gasteiger partial charge in [-0.2, -0.15) is 0 Å². The van der Waals surface area contributed by atoms with E-state index in [0.717, 1.165) is 22.8 Å². The molecule has 138 valence electrons. The van der Waals surface area contributed by atoms with Gasteiger partial charge in [0, 0.05) is 37.6 Å². The minimum Gasteiger partial charge on any atom is -0.368 e. The fourth-order valence-corrected chi connectivity index (χ4v) is 2.57. The number of carbonyl (C=O) groups excluding carboxylic acids is 1. The zero-order valence-corrected chi connectivity index (χ0v) is 15.4. The van der Waals surface area contributed by atoms with Gasteiger partial charge in [0.15, 0.2) is 0 Å². The Kier molecular flexibility index (Phi) is 5.94. The maximum Gasteiger partial charge on any atom is 0.244 e. The fourth-order valence-electron chi connectivity index (χ4n) is 2.57. The number of rotatable bonds is 7. The molecule has 0 aliphatic rings. The maximum absolute atomic E-state index is 11.9. The molecule has 0 aliphatic carbocycles. The molecule has 7 nitrogen and oxygen atoms in total. The first kappa shape index (κ1) is 18.3. The molecular formula is C20H22N6O. The lowest BCUT2D eigenvalue weighted by Crippen LogP contribution is -2.27. The summed E-state index contributed by atoms with van der Waals surface area (Å²) in [5.41, 5.74) is 2.17. The van der Waals surface area contributed by atoms with E-state index in [1.807, 2.05) is 61.0 Å². The molecular weight excluding hydrogens is 340 g/mol. The number of amides is 1. The Hall–Kier alpha value is -3.48. The van der Waals surface area contributed by atoms with Gasteiger partial charge in [0.25, 0.3) is 0 Å². The van der Waals surface area contributed by atoms with E-state index >= 15 is 0 Å². The summed E-state index contributed by atoms with van der Waals surface area (Å²) in [4.78, 5) is 24.6. The standard InChI is InChI=1S/C20H22N6O/c1-15-5-3-4-6-17(15)7-8-20(27)23-10-9-22-18-13-19(25-14-24-18)26-12-11-21-16(26)2/h3-8,11-14H,9-10H2,1-2H3,(H,23,27)(H,22,24,25)/b8-7+. The summed E-state index contributed by atoms with van der Waals surface area (Å²) in [5.74, 6) is 2.16. The third-order valence-corrected chi connectivity index (χ3v) is 4.06. The van der Waals surface area contributed by atoms with Crippen LogP contribution in [0, 0.1) is 13.8 Å². The summed E-state index contributed by atoms with van der Waals surface area (Å²) in [7, 11) is 0. The molecule has 27 heavy (non-hydrogen) atoms. The van der Waals surface area contributed by atoms with E-state index in [1.54, 1.807) is 12.3 Å². The van der Waals surface area contributed by atoms with E-state index in [0.29, 0.717) is 18.9 Å². The molecule has 0 bridgehead atoms. The number of nitrogens with one attached hydrogen (secondary N) is 2. The van der Waals surface area contributed by atoms with Crippen molar-refractivity contribution in [2.75, 3.05) is 18.4 Å². The second-order valence-corrected chi connectivity index (χ2v) is 6.01.